The lowest BCUT2D eigenvalue weighted by atomic mass is 9.86. The van der Waals surface area contributed by atoms with E-state index in [-0.39, 0.29) is 22.4 Å². The van der Waals surface area contributed by atoms with E-state index in [4.69, 9.17) is 9.47 Å². The number of hydrogen-bond acceptors (Lipinski definition) is 2. The summed E-state index contributed by atoms with van der Waals surface area (Å²) >= 11 is 0. The molecule has 1 saturated heterocycles. The van der Waals surface area contributed by atoms with Crippen molar-refractivity contribution in [3.05, 3.63) is 30.3 Å². The van der Waals surface area contributed by atoms with Crippen molar-refractivity contribution in [2.75, 3.05) is 47.5 Å². The van der Waals surface area contributed by atoms with Gasteiger partial charge in [0.05, 0.1) is 46.3 Å². The van der Waals surface area contributed by atoms with Gasteiger partial charge in [-0.3, -0.25) is 0 Å². The van der Waals surface area contributed by atoms with Gasteiger partial charge in [-0.2, -0.15) is 0 Å². The fourth-order valence-corrected chi connectivity index (χ4v) is 2.37. The van der Waals surface area contributed by atoms with Crippen LogP contribution in [0.5, 0.6) is 5.75 Å². The number of rotatable bonds is 5. The zero-order chi connectivity index (χ0) is 12.4. The van der Waals surface area contributed by atoms with Crippen LogP contribution in [0, 0.1) is 5.41 Å². The molecule has 1 aliphatic rings. The maximum absolute atomic E-state index is 5.87. The maximum atomic E-state index is 5.87. The molecule has 0 N–H and O–H groups in total. The number of ether oxygens (including phenoxy) is 2. The van der Waals surface area contributed by atoms with Gasteiger partial charge in [-0.15, -0.1) is 0 Å². The zero-order valence-corrected chi connectivity index (χ0v) is 12.9. The molecule has 1 aromatic rings. The molecule has 1 aromatic carbocycles. The van der Waals surface area contributed by atoms with Crippen molar-refractivity contribution in [3.8, 4) is 5.75 Å². The highest BCUT2D eigenvalue weighted by Crippen LogP contribution is 2.30. The molecular weight excluding hydrogens is 294 g/mol. The average Bonchev–Trinajstić information content (AvgIpc) is 2.22. The van der Waals surface area contributed by atoms with Crippen molar-refractivity contribution in [1.29, 1.82) is 0 Å². The Balaban J connectivity index is 0.00000162. The Morgan fingerprint density at radius 2 is 1.78 bits per heavy atom. The maximum Gasteiger partial charge on any atom is 0.119 e. The number of hydrogen-bond donors (Lipinski definition) is 0. The van der Waals surface area contributed by atoms with Gasteiger partial charge in [0.25, 0.3) is 0 Å². The van der Waals surface area contributed by atoms with Crippen molar-refractivity contribution in [3.63, 3.8) is 0 Å². The van der Waals surface area contributed by atoms with Crippen molar-refractivity contribution >= 4 is 0 Å². The summed E-state index contributed by atoms with van der Waals surface area (Å²) in [6.45, 7) is 3.46. The quantitative estimate of drug-likeness (QED) is 0.635. The molecule has 102 valence electrons. The van der Waals surface area contributed by atoms with Crippen LogP contribution < -0.4 is 21.7 Å². The lowest BCUT2D eigenvalue weighted by molar-refractivity contribution is -0.879. The molecule has 0 saturated carbocycles. The standard InChI is InChI=1S/C14H22NO2.BrH/c1-15(2,3)9-14(10-16-11-14)12-17-13-7-5-4-6-8-13;/h4-8H,9-12H2,1-3H3;1H/q+1;/p-1. The monoisotopic (exact) mass is 315 g/mol. The topological polar surface area (TPSA) is 18.5 Å². The van der Waals surface area contributed by atoms with E-state index in [0.29, 0.717) is 0 Å². The van der Waals surface area contributed by atoms with E-state index in [1.54, 1.807) is 0 Å². The van der Waals surface area contributed by atoms with Gasteiger partial charge in [-0.05, 0) is 12.1 Å². The third-order valence-corrected chi connectivity index (χ3v) is 2.91. The molecule has 2 rings (SSSR count). The third-order valence-electron chi connectivity index (χ3n) is 2.91. The Labute approximate surface area is 120 Å². The van der Waals surface area contributed by atoms with Gasteiger partial charge in [0.2, 0.25) is 0 Å². The number of benzene rings is 1. The minimum absolute atomic E-state index is 0. The normalized spacial score (nSPS) is 17.5. The molecule has 0 amide bonds. The molecule has 0 aliphatic carbocycles. The third kappa shape index (κ3) is 4.26. The van der Waals surface area contributed by atoms with E-state index in [1.807, 2.05) is 30.3 Å². The van der Waals surface area contributed by atoms with Crippen LogP contribution in [0.2, 0.25) is 0 Å². The summed E-state index contributed by atoms with van der Waals surface area (Å²) < 4.78 is 12.2. The van der Waals surface area contributed by atoms with Crippen LogP contribution >= 0.6 is 0 Å². The summed E-state index contributed by atoms with van der Waals surface area (Å²) in [4.78, 5) is 0. The predicted molar refractivity (Wildman–Crippen MR) is 68.1 cm³/mol. The highest BCUT2D eigenvalue weighted by Gasteiger charge is 2.44. The average molecular weight is 316 g/mol. The minimum Gasteiger partial charge on any atom is -1.00 e. The van der Waals surface area contributed by atoms with E-state index < -0.39 is 0 Å². The van der Waals surface area contributed by atoms with Crippen molar-refractivity contribution < 1.29 is 30.9 Å². The molecular formula is C14H22BrNO2. The lowest BCUT2D eigenvalue weighted by Gasteiger charge is -2.44. The fourth-order valence-electron chi connectivity index (χ4n) is 2.37. The first-order valence-electron chi connectivity index (χ1n) is 6.05. The number of quaternary nitrogens is 1. The van der Waals surface area contributed by atoms with Crippen LogP contribution in [-0.2, 0) is 4.74 Å². The Kier molecular flexibility index (Phi) is 5.20. The van der Waals surface area contributed by atoms with Gasteiger partial charge in [-0.1, -0.05) is 18.2 Å². The molecule has 1 aliphatic heterocycles. The molecule has 3 nitrogen and oxygen atoms in total. The first kappa shape index (κ1) is 15.5. The van der Waals surface area contributed by atoms with E-state index in [0.717, 1.165) is 36.6 Å². The molecule has 4 heteroatoms. The first-order chi connectivity index (χ1) is 7.99. The summed E-state index contributed by atoms with van der Waals surface area (Å²) in [5, 5.41) is 0. The van der Waals surface area contributed by atoms with Crippen LogP contribution in [0.25, 0.3) is 0 Å². The molecule has 0 atom stereocenters. The second-order valence-corrected chi connectivity index (χ2v) is 6.04. The van der Waals surface area contributed by atoms with Crippen molar-refractivity contribution in [1.82, 2.24) is 0 Å². The summed E-state index contributed by atoms with van der Waals surface area (Å²) in [7, 11) is 6.63. The highest BCUT2D eigenvalue weighted by atomic mass is 79.9. The van der Waals surface area contributed by atoms with E-state index >= 15 is 0 Å². The van der Waals surface area contributed by atoms with E-state index in [2.05, 4.69) is 21.1 Å². The van der Waals surface area contributed by atoms with E-state index in [9.17, 15) is 0 Å². The highest BCUT2D eigenvalue weighted by molar-refractivity contribution is 5.21. The van der Waals surface area contributed by atoms with Gasteiger partial charge in [-0.25, -0.2) is 0 Å². The van der Waals surface area contributed by atoms with Gasteiger partial charge in [0.1, 0.15) is 12.4 Å². The summed E-state index contributed by atoms with van der Waals surface area (Å²) in [6.07, 6.45) is 0. The predicted octanol–water partition coefficient (Wildman–Crippen LogP) is -1.21. The Morgan fingerprint density at radius 3 is 2.22 bits per heavy atom. The number of halogens is 1. The second-order valence-electron chi connectivity index (χ2n) is 6.04. The van der Waals surface area contributed by atoms with Crippen LogP contribution in [0.4, 0.5) is 0 Å². The van der Waals surface area contributed by atoms with Gasteiger partial charge >= 0.3 is 0 Å². The smallest absolute Gasteiger partial charge is 0.119 e. The van der Waals surface area contributed by atoms with Crippen molar-refractivity contribution in [2.24, 2.45) is 5.41 Å². The Hall–Kier alpha value is -0.580. The van der Waals surface area contributed by atoms with Gasteiger partial charge in [0, 0.05) is 0 Å². The molecule has 0 aromatic heterocycles. The molecule has 0 unspecified atom stereocenters. The molecule has 0 spiro atoms. The molecule has 18 heavy (non-hydrogen) atoms. The van der Waals surface area contributed by atoms with E-state index in [1.165, 1.54) is 0 Å². The Bertz CT molecular complexity index is 358. The molecule has 0 bridgehead atoms. The SMILES string of the molecule is C[N+](C)(C)CC1(COc2ccccc2)COC1.[Br-]. The number of para-hydroxylation sites is 1. The molecule has 1 heterocycles. The summed E-state index contributed by atoms with van der Waals surface area (Å²) in [5.74, 6) is 0.945. The first-order valence-corrected chi connectivity index (χ1v) is 6.05. The fraction of sp³-hybridized carbons (Fsp3) is 0.571. The van der Waals surface area contributed by atoms with Gasteiger partial charge < -0.3 is 30.9 Å². The summed E-state index contributed by atoms with van der Waals surface area (Å²) in [5.41, 5.74) is 0.189. The van der Waals surface area contributed by atoms with Crippen LogP contribution in [0.3, 0.4) is 0 Å². The lowest BCUT2D eigenvalue weighted by Crippen LogP contribution is -3.00. The van der Waals surface area contributed by atoms with Crippen LogP contribution in [0.15, 0.2) is 30.3 Å². The zero-order valence-electron chi connectivity index (χ0n) is 11.4. The Morgan fingerprint density at radius 1 is 1.17 bits per heavy atom. The van der Waals surface area contributed by atoms with Crippen molar-refractivity contribution in [2.45, 2.75) is 0 Å². The van der Waals surface area contributed by atoms with Gasteiger partial charge in [0.15, 0.2) is 0 Å². The summed E-state index contributed by atoms with van der Waals surface area (Å²) in [6, 6.07) is 10.00. The van der Waals surface area contributed by atoms with Crippen LogP contribution in [-0.4, -0.2) is 52.0 Å². The largest absolute Gasteiger partial charge is 1.00 e. The molecule has 1 fully saturated rings. The minimum atomic E-state index is 0. The van der Waals surface area contributed by atoms with Crippen LogP contribution in [0.1, 0.15) is 0 Å². The number of nitrogens with zero attached hydrogens (tertiary/aromatic N) is 1. The second kappa shape index (κ2) is 6.04. The molecule has 0 radical (unpaired) electrons.